The molecular weight excluding hydrogens is 495 g/mol. The number of rotatable bonds is 1. The van der Waals surface area contributed by atoms with Gasteiger partial charge in [-0.2, -0.15) is 0 Å². The topological polar surface area (TPSA) is 105 Å². The van der Waals surface area contributed by atoms with Crippen LogP contribution in [0.25, 0.3) is 0 Å². The van der Waals surface area contributed by atoms with Crippen molar-refractivity contribution >= 4 is 72.8 Å². The molecule has 0 aliphatic carbocycles. The van der Waals surface area contributed by atoms with Crippen molar-refractivity contribution in [3.63, 3.8) is 0 Å². The van der Waals surface area contributed by atoms with E-state index in [2.05, 4.69) is 11.3 Å². The van der Waals surface area contributed by atoms with Crippen molar-refractivity contribution in [1.29, 1.82) is 0 Å². The van der Waals surface area contributed by atoms with E-state index in [1.165, 1.54) is 0 Å². The molecular formula is C4InO8Tl. The molecule has 1 aliphatic rings. The van der Waals surface area contributed by atoms with E-state index in [0.29, 0.717) is 0 Å². The molecule has 70 valence electrons. The summed E-state index contributed by atoms with van der Waals surface area (Å²) in [6.07, 6.45) is 0. The molecule has 8 nitrogen and oxygen atoms in total. The van der Waals surface area contributed by atoms with Gasteiger partial charge in [-0.3, -0.25) is 0 Å². The van der Waals surface area contributed by atoms with Crippen LogP contribution in [0.1, 0.15) is 0 Å². The van der Waals surface area contributed by atoms with E-state index in [1.54, 1.807) is 0 Å². The van der Waals surface area contributed by atoms with Gasteiger partial charge in [-0.25, -0.2) is 0 Å². The van der Waals surface area contributed by atoms with Crippen LogP contribution in [0.4, 0.5) is 0 Å². The van der Waals surface area contributed by atoms with Gasteiger partial charge >= 0.3 is 103 Å². The first-order valence-corrected chi connectivity index (χ1v) is 8.94. The van der Waals surface area contributed by atoms with Crippen molar-refractivity contribution in [3.8, 4) is 0 Å². The number of carbonyl (C=O) groups is 4. The molecule has 0 bridgehead atoms. The molecule has 0 spiro atoms. The van der Waals surface area contributed by atoms with Gasteiger partial charge in [0.1, 0.15) is 0 Å². The Morgan fingerprint density at radius 2 is 1.64 bits per heavy atom. The van der Waals surface area contributed by atoms with Crippen LogP contribution in [0.3, 0.4) is 0 Å². The molecule has 0 radical (unpaired) electrons. The SMILES string of the molecule is O=C([O][Tl])C(=O)[O][In]1[O]C(=O)C(=O)[O]1. The summed E-state index contributed by atoms with van der Waals surface area (Å²) < 4.78 is 17.1. The van der Waals surface area contributed by atoms with E-state index in [1.807, 2.05) is 0 Å². The molecule has 0 aromatic carbocycles. The monoisotopic (exact) mass is 496 g/mol. The summed E-state index contributed by atoms with van der Waals surface area (Å²) >= 11 is -4.00. The van der Waals surface area contributed by atoms with Gasteiger partial charge in [-0.15, -0.1) is 0 Å². The first kappa shape index (κ1) is 11.7. The molecule has 1 fully saturated rings. The summed E-state index contributed by atoms with van der Waals surface area (Å²) in [5, 5.41) is 0. The van der Waals surface area contributed by atoms with Gasteiger partial charge < -0.3 is 0 Å². The quantitative estimate of drug-likeness (QED) is 0.285. The molecule has 0 atom stereocenters. The second-order valence-electron chi connectivity index (χ2n) is 1.91. The van der Waals surface area contributed by atoms with Crippen molar-refractivity contribution < 1.29 is 30.4 Å². The fourth-order valence-electron chi connectivity index (χ4n) is 0.527. The van der Waals surface area contributed by atoms with Crippen molar-refractivity contribution in [2.45, 2.75) is 0 Å². The molecule has 0 saturated carbocycles. The second-order valence-corrected chi connectivity index (χ2v) is 6.49. The van der Waals surface area contributed by atoms with E-state index in [-0.39, 0.29) is 26.2 Å². The van der Waals surface area contributed by atoms with E-state index >= 15 is 0 Å². The summed E-state index contributed by atoms with van der Waals surface area (Å²) in [5.41, 5.74) is 0. The van der Waals surface area contributed by atoms with Crippen LogP contribution < -0.4 is 0 Å². The van der Waals surface area contributed by atoms with E-state index in [9.17, 15) is 19.2 Å². The molecule has 10 heteroatoms. The average molecular weight is 495 g/mol. The van der Waals surface area contributed by atoms with Crippen molar-refractivity contribution in [3.05, 3.63) is 0 Å². The fraction of sp³-hybridized carbons (Fsp3) is 0. The van der Waals surface area contributed by atoms with Crippen LogP contribution in [0, 0.1) is 0 Å². The number of carbonyl (C=O) groups excluding carboxylic acids is 4. The molecule has 0 amide bonds. The van der Waals surface area contributed by atoms with Crippen LogP contribution in [0.15, 0.2) is 0 Å². The minimum absolute atomic E-state index is 0.149. The molecule has 1 rings (SSSR count). The molecule has 0 unspecified atom stereocenters. The maximum atomic E-state index is 10.7. The molecule has 0 N–H and O–H groups in total. The zero-order valence-electron chi connectivity index (χ0n) is 6.42. The summed E-state index contributed by atoms with van der Waals surface area (Å²) in [7, 11) is 0. The first-order chi connectivity index (χ1) is 6.54. The van der Waals surface area contributed by atoms with E-state index < -0.39 is 46.6 Å². The Morgan fingerprint density at radius 1 is 1.14 bits per heavy atom. The van der Waals surface area contributed by atoms with Gasteiger partial charge in [-0.05, 0) is 0 Å². The third kappa shape index (κ3) is 2.83. The van der Waals surface area contributed by atoms with Crippen molar-refractivity contribution in [2.24, 2.45) is 0 Å². The summed E-state index contributed by atoms with van der Waals surface area (Å²) in [4.78, 5) is 42.2. The molecule has 1 saturated heterocycles. The fourth-order valence-corrected chi connectivity index (χ4v) is 3.63. The van der Waals surface area contributed by atoms with E-state index in [0.717, 1.165) is 0 Å². The second kappa shape index (κ2) is 4.95. The van der Waals surface area contributed by atoms with Crippen molar-refractivity contribution in [1.82, 2.24) is 0 Å². The van der Waals surface area contributed by atoms with Crippen LogP contribution in [-0.4, -0.2) is 72.8 Å². The Labute approximate surface area is 103 Å². The zero-order chi connectivity index (χ0) is 10.7. The Kier molecular flexibility index (Phi) is 4.15. The minimum atomic E-state index is -3.85. The normalized spacial score (nSPS) is 14.4. The van der Waals surface area contributed by atoms with E-state index in [4.69, 9.17) is 0 Å². The van der Waals surface area contributed by atoms with Crippen molar-refractivity contribution in [2.75, 3.05) is 0 Å². The van der Waals surface area contributed by atoms with Gasteiger partial charge in [0, 0.05) is 0 Å². The van der Waals surface area contributed by atoms with Crippen LogP contribution in [0.5, 0.6) is 0 Å². The Morgan fingerprint density at radius 3 is 2.07 bits per heavy atom. The predicted octanol–water partition coefficient (Wildman–Crippen LogP) is -2.76. The molecule has 1 aliphatic heterocycles. The number of hydrogen-bond acceptors (Lipinski definition) is 8. The third-order valence-corrected chi connectivity index (χ3v) is 5.36. The molecule has 0 aromatic heterocycles. The van der Waals surface area contributed by atoms with Gasteiger partial charge in [0.25, 0.3) is 0 Å². The summed E-state index contributed by atoms with van der Waals surface area (Å²) in [6.45, 7) is 0. The van der Waals surface area contributed by atoms with Crippen LogP contribution in [0.2, 0.25) is 0 Å². The maximum absolute atomic E-state index is 10.7. The van der Waals surface area contributed by atoms with Gasteiger partial charge in [-0.1, -0.05) is 0 Å². The molecule has 0 aromatic rings. The van der Waals surface area contributed by atoms with Gasteiger partial charge in [0.05, 0.1) is 0 Å². The zero-order valence-corrected chi connectivity index (χ0v) is 14.2. The summed E-state index contributed by atoms with van der Waals surface area (Å²) in [5.74, 6) is -4.86. The molecule has 14 heavy (non-hydrogen) atoms. The first-order valence-electron chi connectivity index (χ1n) is 3.08. The van der Waals surface area contributed by atoms with Gasteiger partial charge in [0.15, 0.2) is 0 Å². The average Bonchev–Trinajstić information content (AvgIpc) is 2.44. The third-order valence-electron chi connectivity index (χ3n) is 1.05. The standard InChI is InChI=1S/2C2H2O4.In.Tl/c2*3-1(4)2(5)6;;/h2*(H,3,4)(H,5,6);;/q;;+3;+1/p-4. The van der Waals surface area contributed by atoms with Crippen LogP contribution in [-0.2, 0) is 30.4 Å². The summed E-state index contributed by atoms with van der Waals surface area (Å²) in [6, 6.07) is 0. The number of hydrogen-bond donors (Lipinski definition) is 0. The van der Waals surface area contributed by atoms with Crippen LogP contribution >= 0.6 is 0 Å². The predicted molar refractivity (Wildman–Crippen MR) is 35.9 cm³/mol. The Hall–Kier alpha value is -0.328. The Bertz CT molecular complexity index is 296. The molecule has 1 heterocycles. The Balaban J connectivity index is 2.47. The van der Waals surface area contributed by atoms with Gasteiger partial charge in [0.2, 0.25) is 0 Å².